The van der Waals surface area contributed by atoms with Crippen LogP contribution >= 0.6 is 11.6 Å². The van der Waals surface area contributed by atoms with Crippen LogP contribution < -0.4 is 14.8 Å². The zero-order valence-corrected chi connectivity index (χ0v) is 13.0. The number of rotatable bonds is 6. The fraction of sp³-hybridized carbons (Fsp3) is 0.417. The monoisotopic (exact) mass is 320 g/mol. The summed E-state index contributed by atoms with van der Waals surface area (Å²) in [6.45, 7) is 3.65. The van der Waals surface area contributed by atoms with Crippen molar-refractivity contribution in [3.63, 3.8) is 0 Å². The van der Waals surface area contributed by atoms with Crippen molar-refractivity contribution in [3.8, 4) is 5.75 Å². The number of nitrogens with one attached hydrogen (secondary N) is 2. The predicted molar refractivity (Wildman–Crippen MR) is 76.5 cm³/mol. The Bertz CT molecular complexity index is 589. The molecule has 112 valence electrons. The van der Waals surface area contributed by atoms with Gasteiger partial charge in [0.15, 0.2) is 0 Å². The van der Waals surface area contributed by atoms with E-state index in [-0.39, 0.29) is 9.92 Å². The molecule has 0 saturated heterocycles. The first-order valence-electron chi connectivity index (χ1n) is 5.95. The third-order valence-corrected chi connectivity index (χ3v) is 4.34. The van der Waals surface area contributed by atoms with Gasteiger partial charge in [-0.2, -0.15) is 4.72 Å². The molecule has 0 aromatic heterocycles. The largest absolute Gasteiger partial charge is 0.495 e. The molecule has 0 heterocycles. The molecule has 0 saturated carbocycles. The maximum absolute atomic E-state index is 12.1. The first-order chi connectivity index (χ1) is 9.31. The minimum atomic E-state index is -3.82. The summed E-state index contributed by atoms with van der Waals surface area (Å²) in [5.74, 6) is -0.0157. The molecule has 8 heteroatoms. The van der Waals surface area contributed by atoms with E-state index in [0.29, 0.717) is 12.3 Å². The lowest BCUT2D eigenvalue weighted by molar-refractivity contribution is -0.122. The second-order valence-electron chi connectivity index (χ2n) is 4.03. The summed E-state index contributed by atoms with van der Waals surface area (Å²) in [5, 5.41) is 2.72. The number of sulfonamides is 1. The number of carbonyl (C=O) groups excluding carboxylic acids is 1. The summed E-state index contributed by atoms with van der Waals surface area (Å²) in [5.41, 5.74) is 0. The highest BCUT2D eigenvalue weighted by Crippen LogP contribution is 2.26. The van der Waals surface area contributed by atoms with Gasteiger partial charge in [-0.15, -0.1) is 0 Å². The third kappa shape index (κ3) is 4.09. The molecule has 0 aliphatic heterocycles. The van der Waals surface area contributed by atoms with Gasteiger partial charge in [-0.3, -0.25) is 4.79 Å². The van der Waals surface area contributed by atoms with Gasteiger partial charge in [0.1, 0.15) is 5.75 Å². The predicted octanol–water partition coefficient (Wildman–Crippen LogP) is 1.15. The molecule has 20 heavy (non-hydrogen) atoms. The molecule has 0 fully saturated rings. The number of benzene rings is 1. The molecule has 0 spiro atoms. The Kier molecular flexibility index (Phi) is 5.79. The lowest BCUT2D eigenvalue weighted by Gasteiger charge is -2.14. The van der Waals surface area contributed by atoms with E-state index in [4.69, 9.17) is 16.3 Å². The Hall–Kier alpha value is -1.31. The minimum absolute atomic E-state index is 0.0283. The Morgan fingerprint density at radius 3 is 2.60 bits per heavy atom. The zero-order chi connectivity index (χ0) is 15.3. The second kappa shape index (κ2) is 6.92. The average Bonchev–Trinajstić information content (AvgIpc) is 2.38. The Morgan fingerprint density at radius 2 is 2.10 bits per heavy atom. The Balaban J connectivity index is 2.94. The molecule has 0 unspecified atom stereocenters. The Morgan fingerprint density at radius 1 is 1.45 bits per heavy atom. The molecule has 6 nitrogen and oxygen atoms in total. The van der Waals surface area contributed by atoms with Crippen molar-refractivity contribution in [2.75, 3.05) is 13.7 Å². The van der Waals surface area contributed by atoms with E-state index >= 15 is 0 Å². The van der Waals surface area contributed by atoms with Crippen molar-refractivity contribution in [2.45, 2.75) is 24.8 Å². The van der Waals surface area contributed by atoms with Crippen molar-refractivity contribution in [1.82, 2.24) is 10.0 Å². The average molecular weight is 321 g/mol. The molecule has 0 bridgehead atoms. The molecular weight excluding hydrogens is 304 g/mol. The second-order valence-corrected chi connectivity index (χ2v) is 6.16. The van der Waals surface area contributed by atoms with E-state index in [0.717, 1.165) is 0 Å². The number of methoxy groups -OCH3 is 1. The smallest absolute Gasteiger partial charge is 0.241 e. The van der Waals surface area contributed by atoms with Crippen molar-refractivity contribution in [3.05, 3.63) is 23.2 Å². The van der Waals surface area contributed by atoms with Crippen LogP contribution in [0.3, 0.4) is 0 Å². The van der Waals surface area contributed by atoms with Crippen LogP contribution in [-0.2, 0) is 14.8 Å². The Labute approximate surface area is 123 Å². The van der Waals surface area contributed by atoms with Crippen LogP contribution in [0.5, 0.6) is 5.75 Å². The van der Waals surface area contributed by atoms with E-state index in [1.165, 1.54) is 32.2 Å². The highest BCUT2D eigenvalue weighted by Gasteiger charge is 2.22. The molecule has 1 amide bonds. The molecule has 1 atom stereocenters. The van der Waals surface area contributed by atoms with Gasteiger partial charge in [0, 0.05) is 6.54 Å². The van der Waals surface area contributed by atoms with Gasteiger partial charge in [-0.05, 0) is 32.0 Å². The van der Waals surface area contributed by atoms with E-state index in [2.05, 4.69) is 10.0 Å². The number of halogens is 1. The topological polar surface area (TPSA) is 84.5 Å². The zero-order valence-electron chi connectivity index (χ0n) is 11.4. The van der Waals surface area contributed by atoms with Crippen LogP contribution in [0, 0.1) is 0 Å². The van der Waals surface area contributed by atoms with Crippen LogP contribution in [0.4, 0.5) is 0 Å². The summed E-state index contributed by atoms with van der Waals surface area (Å²) in [7, 11) is -2.39. The SMILES string of the molecule is CCNC(=O)[C@@H](C)NS(=O)(=O)c1ccc(OC)c(Cl)c1. The van der Waals surface area contributed by atoms with Crippen LogP contribution in [0.25, 0.3) is 0 Å². The molecule has 1 aromatic carbocycles. The molecule has 0 radical (unpaired) electrons. The van der Waals surface area contributed by atoms with Gasteiger partial charge in [0.25, 0.3) is 0 Å². The molecule has 1 aromatic rings. The fourth-order valence-corrected chi connectivity index (χ4v) is 3.05. The molecule has 0 aliphatic rings. The molecule has 0 aliphatic carbocycles. The number of likely N-dealkylation sites (N-methyl/N-ethyl adjacent to an activating group) is 1. The number of hydrogen-bond donors (Lipinski definition) is 2. The fourth-order valence-electron chi connectivity index (χ4n) is 1.50. The van der Waals surface area contributed by atoms with Gasteiger partial charge >= 0.3 is 0 Å². The number of ether oxygens (including phenoxy) is 1. The summed E-state index contributed by atoms with van der Waals surface area (Å²) in [6, 6.07) is 3.21. The quantitative estimate of drug-likeness (QED) is 0.823. The van der Waals surface area contributed by atoms with Gasteiger partial charge < -0.3 is 10.1 Å². The summed E-state index contributed by atoms with van der Waals surface area (Å²) < 4.78 is 31.5. The van der Waals surface area contributed by atoms with Crippen molar-refractivity contribution >= 4 is 27.5 Å². The van der Waals surface area contributed by atoms with Crippen molar-refractivity contribution in [1.29, 1.82) is 0 Å². The van der Waals surface area contributed by atoms with Crippen LogP contribution in [0.1, 0.15) is 13.8 Å². The van der Waals surface area contributed by atoms with E-state index in [9.17, 15) is 13.2 Å². The van der Waals surface area contributed by atoms with Gasteiger partial charge in [0.05, 0.1) is 23.1 Å². The van der Waals surface area contributed by atoms with Crippen molar-refractivity contribution < 1.29 is 17.9 Å². The third-order valence-electron chi connectivity index (χ3n) is 2.51. The van der Waals surface area contributed by atoms with E-state index in [1.54, 1.807) is 6.92 Å². The first kappa shape index (κ1) is 16.7. The van der Waals surface area contributed by atoms with Crippen LogP contribution in [-0.4, -0.2) is 34.0 Å². The van der Waals surface area contributed by atoms with E-state index in [1.807, 2.05) is 0 Å². The first-order valence-corrected chi connectivity index (χ1v) is 7.81. The lowest BCUT2D eigenvalue weighted by Crippen LogP contribution is -2.44. The van der Waals surface area contributed by atoms with Crippen molar-refractivity contribution in [2.24, 2.45) is 0 Å². The van der Waals surface area contributed by atoms with E-state index < -0.39 is 22.0 Å². The standard InChI is InChI=1S/C12H17ClN2O4S/c1-4-14-12(16)8(2)15-20(17,18)9-5-6-11(19-3)10(13)7-9/h5-8,15H,4H2,1-3H3,(H,14,16)/t8-/m1/s1. The molecule has 2 N–H and O–H groups in total. The van der Waals surface area contributed by atoms with Gasteiger partial charge in [-0.1, -0.05) is 11.6 Å². The highest BCUT2D eigenvalue weighted by atomic mass is 35.5. The summed E-state index contributed by atoms with van der Waals surface area (Å²) in [6.07, 6.45) is 0. The summed E-state index contributed by atoms with van der Waals surface area (Å²) >= 11 is 5.89. The maximum atomic E-state index is 12.1. The molecule has 1 rings (SSSR count). The van der Waals surface area contributed by atoms with Crippen LogP contribution in [0.2, 0.25) is 5.02 Å². The normalized spacial score (nSPS) is 12.8. The molecular formula is C12H17ClN2O4S. The maximum Gasteiger partial charge on any atom is 0.241 e. The number of carbonyl (C=O) groups is 1. The van der Waals surface area contributed by atoms with Gasteiger partial charge in [-0.25, -0.2) is 8.42 Å². The number of amides is 1. The number of hydrogen-bond acceptors (Lipinski definition) is 4. The minimum Gasteiger partial charge on any atom is -0.495 e. The van der Waals surface area contributed by atoms with Gasteiger partial charge in [0.2, 0.25) is 15.9 Å². The lowest BCUT2D eigenvalue weighted by atomic mass is 10.3. The summed E-state index contributed by atoms with van der Waals surface area (Å²) in [4.78, 5) is 11.5. The highest BCUT2D eigenvalue weighted by molar-refractivity contribution is 7.89. The van der Waals surface area contributed by atoms with Crippen LogP contribution in [0.15, 0.2) is 23.1 Å².